The van der Waals surface area contributed by atoms with Gasteiger partial charge in [0.1, 0.15) is 23.7 Å². The lowest BCUT2D eigenvalue weighted by atomic mass is 10.1. The molecule has 2 heterocycles. The fourth-order valence-corrected chi connectivity index (χ4v) is 2.07. The minimum atomic E-state index is -0.474. The molecule has 3 aromatic rings. The number of rotatable bonds is 4. The van der Waals surface area contributed by atoms with Crippen molar-refractivity contribution in [1.82, 2.24) is 15.0 Å². The third-order valence-corrected chi connectivity index (χ3v) is 3.05. The fourth-order valence-electron chi connectivity index (χ4n) is 2.07. The number of carbonyl (C=O) groups is 1. The van der Waals surface area contributed by atoms with Gasteiger partial charge in [-0.05, 0) is 36.8 Å². The molecule has 0 bridgehead atoms. The summed E-state index contributed by atoms with van der Waals surface area (Å²) in [6.07, 6.45) is 5.72. The second-order valence-corrected chi connectivity index (χ2v) is 5.02. The van der Waals surface area contributed by atoms with Gasteiger partial charge in [0.25, 0.3) is 5.91 Å². The molecule has 0 saturated heterocycles. The summed E-state index contributed by atoms with van der Waals surface area (Å²) in [7, 11) is 0. The van der Waals surface area contributed by atoms with Gasteiger partial charge in [-0.1, -0.05) is 0 Å². The van der Waals surface area contributed by atoms with Crippen molar-refractivity contribution in [2.24, 2.45) is 0 Å². The molecule has 0 aliphatic carbocycles. The minimum Gasteiger partial charge on any atom is -0.454 e. The van der Waals surface area contributed by atoms with Crippen LogP contribution in [0.2, 0.25) is 0 Å². The number of ether oxygens (including phenoxy) is 1. The second-order valence-electron chi connectivity index (χ2n) is 5.02. The predicted octanol–water partition coefficient (Wildman–Crippen LogP) is 3.36. The monoisotopic (exact) mass is 324 g/mol. The normalized spacial score (nSPS) is 10.2. The average molecular weight is 324 g/mol. The molecule has 1 aromatic carbocycles. The fraction of sp³-hybridized carbons (Fsp3) is 0.0588. The van der Waals surface area contributed by atoms with E-state index in [-0.39, 0.29) is 5.82 Å². The van der Waals surface area contributed by atoms with E-state index in [1.165, 1.54) is 31.0 Å². The summed E-state index contributed by atoms with van der Waals surface area (Å²) in [6.45, 7) is 1.84. The molecule has 0 radical (unpaired) electrons. The van der Waals surface area contributed by atoms with Crippen molar-refractivity contribution in [3.8, 4) is 11.5 Å². The Labute approximate surface area is 137 Å². The van der Waals surface area contributed by atoms with Gasteiger partial charge in [0.2, 0.25) is 0 Å². The number of pyridine rings is 1. The van der Waals surface area contributed by atoms with Crippen molar-refractivity contribution in [3.05, 3.63) is 72.2 Å². The number of hydrogen-bond donors (Lipinski definition) is 1. The zero-order valence-corrected chi connectivity index (χ0v) is 12.7. The average Bonchev–Trinajstić information content (AvgIpc) is 2.55. The van der Waals surface area contributed by atoms with Gasteiger partial charge in [-0.3, -0.25) is 4.79 Å². The van der Waals surface area contributed by atoms with Gasteiger partial charge in [-0.15, -0.1) is 0 Å². The van der Waals surface area contributed by atoms with E-state index in [1.807, 2.05) is 6.92 Å². The van der Waals surface area contributed by atoms with E-state index in [4.69, 9.17) is 4.74 Å². The van der Waals surface area contributed by atoms with Crippen LogP contribution < -0.4 is 10.1 Å². The van der Waals surface area contributed by atoms with E-state index in [0.29, 0.717) is 17.1 Å². The molecule has 0 aliphatic rings. The Morgan fingerprint density at radius 2 is 1.92 bits per heavy atom. The Bertz CT molecular complexity index is 871. The first-order chi connectivity index (χ1) is 11.6. The zero-order chi connectivity index (χ0) is 16.9. The number of aryl methyl sites for hydroxylation is 1. The van der Waals surface area contributed by atoms with Crippen molar-refractivity contribution in [2.75, 3.05) is 5.32 Å². The maximum absolute atomic E-state index is 13.2. The number of nitrogens with zero attached hydrogens (tertiary/aromatic N) is 3. The number of halogens is 1. The van der Waals surface area contributed by atoms with Gasteiger partial charge < -0.3 is 10.1 Å². The molecule has 0 atom stereocenters. The molecule has 0 saturated carbocycles. The highest BCUT2D eigenvalue weighted by atomic mass is 19.1. The van der Waals surface area contributed by atoms with Gasteiger partial charge in [0, 0.05) is 17.8 Å². The van der Waals surface area contributed by atoms with E-state index < -0.39 is 11.7 Å². The third kappa shape index (κ3) is 3.89. The van der Waals surface area contributed by atoms with Crippen molar-refractivity contribution < 1.29 is 13.9 Å². The summed E-state index contributed by atoms with van der Waals surface area (Å²) in [5.41, 5.74) is 1.20. The molecular formula is C17H13FN4O2. The molecule has 0 fully saturated rings. The lowest BCUT2D eigenvalue weighted by Crippen LogP contribution is -2.13. The summed E-state index contributed by atoms with van der Waals surface area (Å²) in [6, 6.07) is 7.41. The second kappa shape index (κ2) is 6.82. The van der Waals surface area contributed by atoms with E-state index >= 15 is 0 Å². The van der Waals surface area contributed by atoms with Crippen LogP contribution in [-0.2, 0) is 0 Å². The first-order valence-electron chi connectivity index (χ1n) is 7.07. The molecule has 3 rings (SSSR count). The molecule has 24 heavy (non-hydrogen) atoms. The maximum atomic E-state index is 13.2. The molecular weight excluding hydrogens is 311 g/mol. The van der Waals surface area contributed by atoms with Crippen LogP contribution in [0.25, 0.3) is 0 Å². The highest BCUT2D eigenvalue weighted by Crippen LogP contribution is 2.23. The smallest absolute Gasteiger partial charge is 0.256 e. The Morgan fingerprint density at radius 3 is 2.67 bits per heavy atom. The largest absolute Gasteiger partial charge is 0.454 e. The lowest BCUT2D eigenvalue weighted by molar-refractivity contribution is 0.102. The van der Waals surface area contributed by atoms with Gasteiger partial charge in [0.05, 0.1) is 12.4 Å². The summed E-state index contributed by atoms with van der Waals surface area (Å²) in [5.74, 6) is 0.187. The predicted molar refractivity (Wildman–Crippen MR) is 85.4 cm³/mol. The standard InChI is InChI=1S/C17H13FN4O2/c1-11-4-12(17(23)22-16-7-13(18)2-3-21-16)6-14(5-11)24-15-8-19-10-20-9-15/h2-10H,1H3,(H,21,22,23). The third-order valence-electron chi connectivity index (χ3n) is 3.05. The first-order valence-corrected chi connectivity index (χ1v) is 7.07. The number of carbonyl (C=O) groups excluding carboxylic acids is 1. The molecule has 2 aromatic heterocycles. The number of benzene rings is 1. The molecule has 7 heteroatoms. The highest BCUT2D eigenvalue weighted by Gasteiger charge is 2.10. The number of hydrogen-bond acceptors (Lipinski definition) is 5. The van der Waals surface area contributed by atoms with Crippen LogP contribution >= 0.6 is 0 Å². The Balaban J connectivity index is 1.81. The van der Waals surface area contributed by atoms with Crippen molar-refractivity contribution >= 4 is 11.7 Å². The minimum absolute atomic E-state index is 0.139. The molecule has 1 N–H and O–H groups in total. The summed E-state index contributed by atoms with van der Waals surface area (Å²) >= 11 is 0. The van der Waals surface area contributed by atoms with Gasteiger partial charge >= 0.3 is 0 Å². The quantitative estimate of drug-likeness (QED) is 0.796. The van der Waals surface area contributed by atoms with Gasteiger partial charge in [-0.2, -0.15) is 0 Å². The molecule has 120 valence electrons. The molecule has 1 amide bonds. The Morgan fingerprint density at radius 1 is 1.12 bits per heavy atom. The van der Waals surface area contributed by atoms with E-state index in [1.54, 1.807) is 18.2 Å². The van der Waals surface area contributed by atoms with E-state index in [2.05, 4.69) is 20.3 Å². The summed E-state index contributed by atoms with van der Waals surface area (Å²) in [4.78, 5) is 24.0. The highest BCUT2D eigenvalue weighted by molar-refractivity contribution is 6.04. The van der Waals surface area contributed by atoms with Crippen LogP contribution in [0.4, 0.5) is 10.2 Å². The Hall–Kier alpha value is -3.35. The van der Waals surface area contributed by atoms with Crippen LogP contribution in [0.15, 0.2) is 55.2 Å². The van der Waals surface area contributed by atoms with E-state index in [0.717, 1.165) is 11.6 Å². The van der Waals surface area contributed by atoms with Crippen LogP contribution in [0.1, 0.15) is 15.9 Å². The molecule has 6 nitrogen and oxygen atoms in total. The zero-order valence-electron chi connectivity index (χ0n) is 12.7. The summed E-state index contributed by atoms with van der Waals surface area (Å²) < 4.78 is 18.8. The summed E-state index contributed by atoms with van der Waals surface area (Å²) in [5, 5.41) is 2.55. The number of anilines is 1. The number of aromatic nitrogens is 3. The number of amides is 1. The van der Waals surface area contributed by atoms with Crippen LogP contribution in [-0.4, -0.2) is 20.9 Å². The van der Waals surface area contributed by atoms with Gasteiger partial charge in [-0.25, -0.2) is 19.3 Å². The lowest BCUT2D eigenvalue weighted by Gasteiger charge is -2.09. The SMILES string of the molecule is Cc1cc(Oc2cncnc2)cc(C(=O)Nc2cc(F)ccn2)c1. The molecule has 0 unspecified atom stereocenters. The van der Waals surface area contributed by atoms with Crippen molar-refractivity contribution in [1.29, 1.82) is 0 Å². The van der Waals surface area contributed by atoms with Crippen LogP contribution in [0, 0.1) is 12.7 Å². The first kappa shape index (κ1) is 15.5. The Kier molecular flexibility index (Phi) is 4.42. The van der Waals surface area contributed by atoms with Crippen LogP contribution in [0.3, 0.4) is 0 Å². The maximum Gasteiger partial charge on any atom is 0.256 e. The molecule has 0 spiro atoms. The van der Waals surface area contributed by atoms with Crippen molar-refractivity contribution in [3.63, 3.8) is 0 Å². The van der Waals surface area contributed by atoms with Crippen LogP contribution in [0.5, 0.6) is 11.5 Å². The topological polar surface area (TPSA) is 77.0 Å². The van der Waals surface area contributed by atoms with Crippen molar-refractivity contribution in [2.45, 2.75) is 6.92 Å². The molecule has 0 aliphatic heterocycles. The van der Waals surface area contributed by atoms with E-state index in [9.17, 15) is 9.18 Å². The van der Waals surface area contributed by atoms with Gasteiger partial charge in [0.15, 0.2) is 5.75 Å². The number of nitrogens with one attached hydrogen (secondary N) is 1.